The highest BCUT2D eigenvalue weighted by molar-refractivity contribution is 6.31. The number of pyridine rings is 1. The summed E-state index contributed by atoms with van der Waals surface area (Å²) in [6.07, 6.45) is 1.66. The summed E-state index contributed by atoms with van der Waals surface area (Å²) in [6, 6.07) is 9.20. The average molecular weight is 250 g/mol. The van der Waals surface area contributed by atoms with Gasteiger partial charge in [0.2, 0.25) is 0 Å². The van der Waals surface area contributed by atoms with E-state index >= 15 is 0 Å². The van der Waals surface area contributed by atoms with Gasteiger partial charge in [-0.2, -0.15) is 0 Å². The molecule has 1 aromatic heterocycles. The first kappa shape index (κ1) is 11.7. The predicted octanol–water partition coefficient (Wildman–Crippen LogP) is 3.30. The summed E-state index contributed by atoms with van der Waals surface area (Å²) in [4.78, 5) is 15.9. The molecule has 0 aliphatic heterocycles. The van der Waals surface area contributed by atoms with E-state index in [1.165, 1.54) is 18.2 Å². The molecular weight excluding hydrogens is 241 g/mol. The summed E-state index contributed by atoms with van der Waals surface area (Å²) in [7, 11) is 0. The molecule has 2 nitrogen and oxygen atoms in total. The third kappa shape index (κ3) is 2.88. The van der Waals surface area contributed by atoms with Crippen molar-refractivity contribution < 1.29 is 9.18 Å². The zero-order chi connectivity index (χ0) is 12.3. The minimum Gasteiger partial charge on any atom is -0.294 e. The Hall–Kier alpha value is -1.74. The molecule has 17 heavy (non-hydrogen) atoms. The number of carbonyl (C=O) groups is 1. The lowest BCUT2D eigenvalue weighted by molar-refractivity contribution is 0.0988. The fraction of sp³-hybridized carbons (Fsp3) is 0.0769. The van der Waals surface area contributed by atoms with Gasteiger partial charge in [-0.3, -0.25) is 9.78 Å². The first-order valence-corrected chi connectivity index (χ1v) is 5.43. The van der Waals surface area contributed by atoms with E-state index < -0.39 is 5.82 Å². The summed E-state index contributed by atoms with van der Waals surface area (Å²) in [5.41, 5.74) is 0.611. The molecule has 4 heteroatoms. The van der Waals surface area contributed by atoms with Crippen molar-refractivity contribution in [1.82, 2.24) is 4.98 Å². The zero-order valence-electron chi connectivity index (χ0n) is 8.86. The van der Waals surface area contributed by atoms with Gasteiger partial charge in [0.25, 0.3) is 0 Å². The Morgan fingerprint density at radius 2 is 2.12 bits per heavy atom. The SMILES string of the molecule is O=C(Cc1ccccn1)c1cc(Cl)ccc1F. The second kappa shape index (κ2) is 5.06. The van der Waals surface area contributed by atoms with Crippen molar-refractivity contribution in [1.29, 1.82) is 0 Å². The molecule has 2 aromatic rings. The topological polar surface area (TPSA) is 30.0 Å². The zero-order valence-corrected chi connectivity index (χ0v) is 9.62. The second-order valence-corrected chi connectivity index (χ2v) is 3.98. The van der Waals surface area contributed by atoms with Gasteiger partial charge in [-0.25, -0.2) is 4.39 Å². The molecule has 1 heterocycles. The van der Waals surface area contributed by atoms with E-state index in [1.54, 1.807) is 24.4 Å². The van der Waals surface area contributed by atoms with Gasteiger partial charge in [-0.1, -0.05) is 17.7 Å². The maximum atomic E-state index is 13.4. The molecule has 0 spiro atoms. The second-order valence-electron chi connectivity index (χ2n) is 3.55. The number of benzene rings is 1. The Labute approximate surface area is 103 Å². The number of hydrogen-bond donors (Lipinski definition) is 0. The van der Waals surface area contributed by atoms with Crippen molar-refractivity contribution in [3.05, 3.63) is 64.7 Å². The van der Waals surface area contributed by atoms with E-state index in [0.29, 0.717) is 10.7 Å². The van der Waals surface area contributed by atoms with Crippen LogP contribution in [0.1, 0.15) is 16.1 Å². The molecular formula is C13H9ClFNO. The summed E-state index contributed by atoms with van der Waals surface area (Å²) >= 11 is 5.73. The Bertz CT molecular complexity index is 542. The van der Waals surface area contributed by atoms with Crippen molar-refractivity contribution in [2.45, 2.75) is 6.42 Å². The fourth-order valence-electron chi connectivity index (χ4n) is 1.47. The Morgan fingerprint density at radius 3 is 2.82 bits per heavy atom. The van der Waals surface area contributed by atoms with Crippen LogP contribution in [0.2, 0.25) is 5.02 Å². The predicted molar refractivity (Wildman–Crippen MR) is 63.7 cm³/mol. The Kier molecular flexibility index (Phi) is 3.49. The Balaban J connectivity index is 2.23. The van der Waals surface area contributed by atoms with Gasteiger partial charge in [-0.05, 0) is 30.3 Å². The van der Waals surface area contributed by atoms with E-state index in [9.17, 15) is 9.18 Å². The summed E-state index contributed by atoms with van der Waals surface area (Å²) in [5.74, 6) is -0.890. The van der Waals surface area contributed by atoms with Crippen molar-refractivity contribution in [3.8, 4) is 0 Å². The largest absolute Gasteiger partial charge is 0.294 e. The molecule has 0 N–H and O–H groups in total. The quantitative estimate of drug-likeness (QED) is 0.782. The molecule has 0 saturated heterocycles. The van der Waals surface area contributed by atoms with E-state index in [1.807, 2.05) is 0 Å². The minimum atomic E-state index is -0.560. The number of Topliss-reactive ketones (excluding diaryl/α,β-unsaturated/α-hetero) is 1. The van der Waals surface area contributed by atoms with Crippen molar-refractivity contribution in [2.24, 2.45) is 0 Å². The van der Waals surface area contributed by atoms with E-state index in [-0.39, 0.29) is 17.8 Å². The smallest absolute Gasteiger partial charge is 0.171 e. The first-order chi connectivity index (χ1) is 8.16. The minimum absolute atomic E-state index is 0.00292. The highest BCUT2D eigenvalue weighted by atomic mass is 35.5. The lowest BCUT2D eigenvalue weighted by Crippen LogP contribution is -2.07. The van der Waals surface area contributed by atoms with Crippen LogP contribution < -0.4 is 0 Å². The van der Waals surface area contributed by atoms with Crippen LogP contribution in [0.4, 0.5) is 4.39 Å². The third-order valence-electron chi connectivity index (χ3n) is 2.30. The Morgan fingerprint density at radius 1 is 1.29 bits per heavy atom. The number of aromatic nitrogens is 1. The van der Waals surface area contributed by atoms with Crippen molar-refractivity contribution >= 4 is 17.4 Å². The molecule has 86 valence electrons. The van der Waals surface area contributed by atoms with Crippen LogP contribution in [0.15, 0.2) is 42.6 Å². The van der Waals surface area contributed by atoms with E-state index in [2.05, 4.69) is 4.98 Å². The molecule has 0 aliphatic carbocycles. The normalized spacial score (nSPS) is 10.2. The summed E-state index contributed by atoms with van der Waals surface area (Å²) < 4.78 is 13.4. The van der Waals surface area contributed by atoms with Gasteiger partial charge in [-0.15, -0.1) is 0 Å². The number of rotatable bonds is 3. The maximum Gasteiger partial charge on any atom is 0.171 e. The lowest BCUT2D eigenvalue weighted by atomic mass is 10.1. The van der Waals surface area contributed by atoms with Gasteiger partial charge in [0.1, 0.15) is 5.82 Å². The van der Waals surface area contributed by atoms with Crippen LogP contribution >= 0.6 is 11.6 Å². The molecule has 0 amide bonds. The molecule has 1 aromatic carbocycles. The molecule has 0 unspecified atom stereocenters. The number of halogens is 2. The lowest BCUT2D eigenvalue weighted by Gasteiger charge is -2.02. The highest BCUT2D eigenvalue weighted by Gasteiger charge is 2.13. The number of hydrogen-bond acceptors (Lipinski definition) is 2. The molecule has 0 atom stereocenters. The highest BCUT2D eigenvalue weighted by Crippen LogP contribution is 2.16. The molecule has 0 aliphatic rings. The molecule has 2 rings (SSSR count). The van der Waals surface area contributed by atoms with Crippen LogP contribution in [0, 0.1) is 5.82 Å². The van der Waals surface area contributed by atoms with Crippen molar-refractivity contribution in [3.63, 3.8) is 0 Å². The van der Waals surface area contributed by atoms with Gasteiger partial charge in [0.15, 0.2) is 5.78 Å². The standard InChI is InChI=1S/C13H9ClFNO/c14-9-4-5-12(15)11(7-9)13(17)8-10-3-1-2-6-16-10/h1-7H,8H2. The maximum absolute atomic E-state index is 13.4. The van der Waals surface area contributed by atoms with Crippen LogP contribution in [0.5, 0.6) is 0 Å². The number of nitrogens with zero attached hydrogens (tertiary/aromatic N) is 1. The summed E-state index contributed by atoms with van der Waals surface area (Å²) in [6.45, 7) is 0. The van der Waals surface area contributed by atoms with Crippen LogP contribution in [0.3, 0.4) is 0 Å². The van der Waals surface area contributed by atoms with Crippen LogP contribution in [-0.4, -0.2) is 10.8 Å². The first-order valence-electron chi connectivity index (χ1n) is 5.05. The summed E-state index contributed by atoms with van der Waals surface area (Å²) in [5, 5.41) is 0.343. The van der Waals surface area contributed by atoms with Crippen LogP contribution in [-0.2, 0) is 6.42 Å². The third-order valence-corrected chi connectivity index (χ3v) is 2.53. The number of carbonyl (C=O) groups excluding carboxylic acids is 1. The van der Waals surface area contributed by atoms with Crippen molar-refractivity contribution in [2.75, 3.05) is 0 Å². The molecule has 0 fully saturated rings. The monoisotopic (exact) mass is 249 g/mol. The fourth-order valence-corrected chi connectivity index (χ4v) is 1.65. The van der Waals surface area contributed by atoms with E-state index in [4.69, 9.17) is 11.6 Å². The number of ketones is 1. The van der Waals surface area contributed by atoms with E-state index in [0.717, 1.165) is 0 Å². The molecule has 0 bridgehead atoms. The van der Waals surface area contributed by atoms with Gasteiger partial charge in [0.05, 0.1) is 12.0 Å². The van der Waals surface area contributed by atoms with Gasteiger partial charge in [0, 0.05) is 16.9 Å². The molecule has 0 saturated carbocycles. The van der Waals surface area contributed by atoms with Gasteiger partial charge >= 0.3 is 0 Å². The van der Waals surface area contributed by atoms with Gasteiger partial charge < -0.3 is 0 Å². The van der Waals surface area contributed by atoms with Crippen LogP contribution in [0.25, 0.3) is 0 Å². The average Bonchev–Trinajstić information content (AvgIpc) is 2.33. The molecule has 0 radical (unpaired) electrons.